The third-order valence-corrected chi connectivity index (χ3v) is 7.55. The van der Waals surface area contributed by atoms with Crippen LogP contribution in [0.15, 0.2) is 40.2 Å². The summed E-state index contributed by atoms with van der Waals surface area (Å²) in [6.07, 6.45) is 5.13. The molecule has 7 heteroatoms. The molecule has 0 atom stereocenters. The van der Waals surface area contributed by atoms with Crippen LogP contribution in [-0.4, -0.2) is 23.3 Å². The van der Waals surface area contributed by atoms with Crippen molar-refractivity contribution in [2.45, 2.75) is 44.6 Å². The summed E-state index contributed by atoms with van der Waals surface area (Å²) in [7, 11) is -1.89. The van der Waals surface area contributed by atoms with Gasteiger partial charge in [-0.2, -0.15) is 0 Å². The molecule has 1 aliphatic rings. The largest absolute Gasteiger partial charge is 0.340 e. The lowest BCUT2D eigenvalue weighted by atomic mass is 10.1. The average molecular weight is 417 g/mol. The van der Waals surface area contributed by atoms with Gasteiger partial charge in [0.25, 0.3) is 5.56 Å². The summed E-state index contributed by atoms with van der Waals surface area (Å²) in [6, 6.07) is 6.16. The first-order valence-electron chi connectivity index (χ1n) is 9.94. The first-order valence-corrected chi connectivity index (χ1v) is 11.6. The Kier molecular flexibility index (Phi) is 4.89. The monoisotopic (exact) mass is 416 g/mol. The Morgan fingerprint density at radius 3 is 2.52 bits per heavy atom. The second-order valence-corrected chi connectivity index (χ2v) is 10.2. The van der Waals surface area contributed by atoms with Crippen LogP contribution < -0.4 is 5.56 Å². The van der Waals surface area contributed by atoms with Gasteiger partial charge in [0.05, 0.1) is 21.9 Å². The number of fused-ring (bicyclic) bond motifs is 1. The van der Waals surface area contributed by atoms with Crippen LogP contribution in [0.25, 0.3) is 22.2 Å². The minimum Gasteiger partial charge on any atom is -0.340 e. The summed E-state index contributed by atoms with van der Waals surface area (Å²) in [5.41, 5.74) is 2.74. The van der Waals surface area contributed by atoms with Gasteiger partial charge in [0.2, 0.25) is 0 Å². The van der Waals surface area contributed by atoms with E-state index in [4.69, 9.17) is 0 Å². The van der Waals surface area contributed by atoms with Gasteiger partial charge in [-0.15, -0.1) is 0 Å². The lowest BCUT2D eigenvalue weighted by molar-refractivity contribution is 0.592. The number of aryl methyl sites for hydroxylation is 3. The molecule has 1 aliphatic carbocycles. The molecule has 4 rings (SSSR count). The van der Waals surface area contributed by atoms with Crippen molar-refractivity contribution in [2.75, 3.05) is 5.75 Å². The molecule has 3 aromatic rings. The Balaban J connectivity index is 2.01. The zero-order chi connectivity index (χ0) is 20.9. The lowest BCUT2D eigenvalue weighted by Gasteiger charge is -2.13. The molecular formula is C22H25FN2O3S. The van der Waals surface area contributed by atoms with Crippen molar-refractivity contribution < 1.29 is 12.8 Å². The molecule has 2 heterocycles. The number of rotatable bonds is 6. The average Bonchev–Trinajstić information content (AvgIpc) is 3.43. The van der Waals surface area contributed by atoms with Gasteiger partial charge in [-0.3, -0.25) is 4.79 Å². The van der Waals surface area contributed by atoms with Crippen LogP contribution in [0.2, 0.25) is 0 Å². The quantitative estimate of drug-likeness (QED) is 0.609. The number of halogens is 1. The van der Waals surface area contributed by atoms with Crippen molar-refractivity contribution in [3.8, 4) is 11.3 Å². The van der Waals surface area contributed by atoms with Crippen LogP contribution in [0.5, 0.6) is 0 Å². The second kappa shape index (κ2) is 7.13. The van der Waals surface area contributed by atoms with Crippen LogP contribution in [0.1, 0.15) is 31.7 Å². The van der Waals surface area contributed by atoms with Gasteiger partial charge in [0.1, 0.15) is 5.82 Å². The van der Waals surface area contributed by atoms with E-state index in [2.05, 4.69) is 0 Å². The third-order valence-electron chi connectivity index (χ3n) is 5.78. The van der Waals surface area contributed by atoms with Gasteiger partial charge in [0.15, 0.2) is 9.84 Å². The van der Waals surface area contributed by atoms with E-state index in [1.165, 1.54) is 23.5 Å². The molecule has 154 valence electrons. The molecule has 1 saturated carbocycles. The molecule has 0 radical (unpaired) electrons. The number of nitrogens with zero attached hydrogens (tertiary/aromatic N) is 2. The maximum atomic E-state index is 14.4. The molecule has 0 spiro atoms. The smallest absolute Gasteiger partial charge is 0.253 e. The van der Waals surface area contributed by atoms with Gasteiger partial charge < -0.3 is 9.13 Å². The van der Waals surface area contributed by atoms with Crippen molar-refractivity contribution in [1.82, 2.24) is 9.13 Å². The Labute approximate surface area is 169 Å². The number of hydrogen-bond acceptors (Lipinski definition) is 3. The zero-order valence-electron chi connectivity index (χ0n) is 16.9. The predicted octanol–water partition coefficient (Wildman–Crippen LogP) is 4.05. The summed E-state index contributed by atoms with van der Waals surface area (Å²) in [6.45, 7) is 4.00. The molecule has 0 aliphatic heterocycles. The van der Waals surface area contributed by atoms with Crippen molar-refractivity contribution in [3.05, 3.63) is 52.2 Å². The SMILES string of the molecule is CCS(=O)(=O)c1cc(F)cc2c1cc(-c1cc(C)c(=O)n(C)c1)n2CCC1CC1. The highest BCUT2D eigenvalue weighted by atomic mass is 32.2. The summed E-state index contributed by atoms with van der Waals surface area (Å²) < 4.78 is 43.2. The highest BCUT2D eigenvalue weighted by Gasteiger charge is 2.25. The van der Waals surface area contributed by atoms with E-state index < -0.39 is 15.7 Å². The lowest BCUT2D eigenvalue weighted by Crippen LogP contribution is -2.18. The van der Waals surface area contributed by atoms with Crippen molar-refractivity contribution in [3.63, 3.8) is 0 Å². The van der Waals surface area contributed by atoms with E-state index >= 15 is 0 Å². The molecule has 0 saturated heterocycles. The fourth-order valence-electron chi connectivity index (χ4n) is 3.92. The highest BCUT2D eigenvalue weighted by molar-refractivity contribution is 7.91. The third kappa shape index (κ3) is 3.64. The van der Waals surface area contributed by atoms with Crippen molar-refractivity contribution >= 4 is 20.7 Å². The number of sulfone groups is 1. The second-order valence-electron chi connectivity index (χ2n) is 7.98. The van der Waals surface area contributed by atoms with E-state index in [0.29, 0.717) is 28.9 Å². The Bertz CT molecular complexity index is 1240. The van der Waals surface area contributed by atoms with Crippen molar-refractivity contribution in [2.24, 2.45) is 13.0 Å². The molecule has 0 bridgehead atoms. The molecule has 0 amide bonds. The molecule has 29 heavy (non-hydrogen) atoms. The zero-order valence-corrected chi connectivity index (χ0v) is 17.7. The van der Waals surface area contributed by atoms with E-state index in [1.807, 2.05) is 16.7 Å². The van der Waals surface area contributed by atoms with Crippen LogP contribution in [-0.2, 0) is 23.4 Å². The van der Waals surface area contributed by atoms with Crippen LogP contribution >= 0.6 is 0 Å². The summed E-state index contributed by atoms with van der Waals surface area (Å²) in [4.78, 5) is 12.2. The molecule has 1 fully saturated rings. The van der Waals surface area contributed by atoms with Gasteiger partial charge in [0, 0.05) is 36.3 Å². The molecule has 0 unspecified atom stereocenters. The minimum absolute atomic E-state index is 0.0305. The first kappa shape index (κ1) is 19.9. The molecule has 1 aromatic carbocycles. The number of benzene rings is 1. The van der Waals surface area contributed by atoms with E-state index in [1.54, 1.807) is 27.1 Å². The summed E-state index contributed by atoms with van der Waals surface area (Å²) in [5, 5.41) is 0.533. The molecule has 0 N–H and O–H groups in total. The highest BCUT2D eigenvalue weighted by Crippen LogP contribution is 2.37. The fourth-order valence-corrected chi connectivity index (χ4v) is 5.02. The maximum absolute atomic E-state index is 14.4. The fraction of sp³-hybridized carbons (Fsp3) is 0.409. The van der Waals surface area contributed by atoms with Crippen LogP contribution in [0.3, 0.4) is 0 Å². The standard InChI is InChI=1S/C22H25FN2O3S/c1-4-29(27,28)21-11-17(23)10-20-18(21)12-19(25(20)8-7-15-5-6-15)16-9-14(2)22(26)24(3)13-16/h9-13,15H,4-8H2,1-3H3. The number of aromatic nitrogens is 2. The van der Waals surface area contributed by atoms with E-state index in [9.17, 15) is 17.6 Å². The molecule has 5 nitrogen and oxygen atoms in total. The Hall–Kier alpha value is -2.41. The van der Waals surface area contributed by atoms with Crippen LogP contribution in [0.4, 0.5) is 4.39 Å². The van der Waals surface area contributed by atoms with Gasteiger partial charge in [-0.1, -0.05) is 19.8 Å². The van der Waals surface area contributed by atoms with Gasteiger partial charge in [-0.05, 0) is 43.5 Å². The number of pyridine rings is 1. The summed E-state index contributed by atoms with van der Waals surface area (Å²) in [5.74, 6) is 0.0284. The van der Waals surface area contributed by atoms with E-state index in [-0.39, 0.29) is 16.2 Å². The topological polar surface area (TPSA) is 61.1 Å². The normalized spacial score (nSPS) is 14.6. The predicted molar refractivity (Wildman–Crippen MR) is 112 cm³/mol. The first-order chi connectivity index (χ1) is 13.7. The van der Waals surface area contributed by atoms with Gasteiger partial charge in [-0.25, -0.2) is 12.8 Å². The summed E-state index contributed by atoms with van der Waals surface area (Å²) >= 11 is 0. The van der Waals surface area contributed by atoms with E-state index in [0.717, 1.165) is 23.7 Å². The Morgan fingerprint density at radius 1 is 1.17 bits per heavy atom. The minimum atomic E-state index is -3.58. The van der Waals surface area contributed by atoms with Crippen molar-refractivity contribution in [1.29, 1.82) is 0 Å². The van der Waals surface area contributed by atoms with Gasteiger partial charge >= 0.3 is 0 Å². The molecular weight excluding hydrogens is 391 g/mol. The molecule has 2 aromatic heterocycles. The number of hydrogen-bond donors (Lipinski definition) is 0. The maximum Gasteiger partial charge on any atom is 0.253 e. The van der Waals surface area contributed by atoms with Crippen LogP contribution in [0, 0.1) is 18.7 Å². The Morgan fingerprint density at radius 2 is 1.90 bits per heavy atom.